The van der Waals surface area contributed by atoms with E-state index in [2.05, 4.69) is 11.7 Å². The molecular formula is C12H17NO2. The van der Waals surface area contributed by atoms with E-state index in [1.54, 1.807) is 0 Å². The highest BCUT2D eigenvalue weighted by Gasteiger charge is 2.13. The van der Waals surface area contributed by atoms with Crippen LogP contribution in [0, 0.1) is 0 Å². The molecule has 0 saturated heterocycles. The normalized spacial score (nSPS) is 12.2. The molecule has 0 aromatic heterocycles. The summed E-state index contributed by atoms with van der Waals surface area (Å²) in [5.74, 6) is -0.270. The molecule has 0 bridgehead atoms. The fourth-order valence-corrected chi connectivity index (χ4v) is 1.59. The lowest BCUT2D eigenvalue weighted by atomic mass is 9.97. The molecule has 0 aliphatic rings. The fourth-order valence-electron chi connectivity index (χ4n) is 1.59. The molecule has 3 nitrogen and oxygen atoms in total. The Labute approximate surface area is 90.2 Å². The van der Waals surface area contributed by atoms with Gasteiger partial charge in [-0.3, -0.25) is 4.79 Å². The zero-order chi connectivity index (χ0) is 11.3. The van der Waals surface area contributed by atoms with Gasteiger partial charge in [-0.1, -0.05) is 31.2 Å². The highest BCUT2D eigenvalue weighted by molar-refractivity contribution is 5.70. The minimum atomic E-state index is -0.270. The van der Waals surface area contributed by atoms with Crippen molar-refractivity contribution < 1.29 is 9.53 Å². The van der Waals surface area contributed by atoms with Gasteiger partial charge in [0.1, 0.15) is 0 Å². The number of nitrogens with two attached hydrogens (primary N) is 1. The second-order valence-electron chi connectivity index (χ2n) is 3.44. The average Bonchev–Trinajstić information content (AvgIpc) is 2.28. The van der Waals surface area contributed by atoms with Crippen molar-refractivity contribution in [2.45, 2.75) is 25.8 Å². The van der Waals surface area contributed by atoms with E-state index >= 15 is 0 Å². The van der Waals surface area contributed by atoms with Crippen LogP contribution in [0.4, 0.5) is 0 Å². The number of ether oxygens (including phenoxy) is 1. The monoisotopic (exact) mass is 207 g/mol. The Hall–Kier alpha value is -1.35. The van der Waals surface area contributed by atoms with Gasteiger partial charge in [0.05, 0.1) is 13.5 Å². The molecule has 1 rings (SSSR count). The molecule has 15 heavy (non-hydrogen) atoms. The lowest BCUT2D eigenvalue weighted by Crippen LogP contribution is -2.17. The molecule has 0 aliphatic heterocycles. The fraction of sp³-hybridized carbons (Fsp3) is 0.417. The molecule has 0 aliphatic carbocycles. The molecule has 1 unspecified atom stereocenters. The number of rotatable bonds is 4. The van der Waals surface area contributed by atoms with E-state index in [0.717, 1.165) is 12.0 Å². The summed E-state index contributed by atoms with van der Waals surface area (Å²) in [7, 11) is 1.38. The summed E-state index contributed by atoms with van der Waals surface area (Å²) in [4.78, 5) is 11.1. The Bertz CT molecular complexity index is 336. The summed E-state index contributed by atoms with van der Waals surface area (Å²) in [5, 5.41) is 0. The van der Waals surface area contributed by atoms with Crippen molar-refractivity contribution in [3.8, 4) is 0 Å². The zero-order valence-corrected chi connectivity index (χ0v) is 9.19. The van der Waals surface area contributed by atoms with E-state index in [0.29, 0.717) is 0 Å². The van der Waals surface area contributed by atoms with Crippen LogP contribution >= 0.6 is 0 Å². The number of hydrogen-bond donors (Lipinski definition) is 1. The molecule has 0 amide bonds. The first-order chi connectivity index (χ1) is 7.19. The smallest absolute Gasteiger partial charge is 0.307 e. The van der Waals surface area contributed by atoms with Gasteiger partial charge in [0.15, 0.2) is 0 Å². The van der Waals surface area contributed by atoms with Gasteiger partial charge >= 0.3 is 5.97 Å². The number of benzene rings is 1. The van der Waals surface area contributed by atoms with Gasteiger partial charge < -0.3 is 10.5 Å². The van der Waals surface area contributed by atoms with E-state index in [1.165, 1.54) is 12.7 Å². The van der Waals surface area contributed by atoms with Crippen molar-refractivity contribution in [2.75, 3.05) is 7.11 Å². The van der Waals surface area contributed by atoms with E-state index in [9.17, 15) is 4.79 Å². The standard InChI is InChI=1S/C12H17NO2/c1-3-9-6-4-5-7-10(9)11(13)8-12(14)15-2/h4-7,11H,3,8,13H2,1-2H3. The third-order valence-corrected chi connectivity index (χ3v) is 2.45. The molecule has 1 atom stereocenters. The van der Waals surface area contributed by atoms with Crippen molar-refractivity contribution in [3.05, 3.63) is 35.4 Å². The summed E-state index contributed by atoms with van der Waals surface area (Å²) in [6, 6.07) is 7.64. The van der Waals surface area contributed by atoms with Gasteiger partial charge in [-0.2, -0.15) is 0 Å². The predicted molar refractivity (Wildman–Crippen MR) is 59.4 cm³/mol. The maximum atomic E-state index is 11.1. The average molecular weight is 207 g/mol. The van der Waals surface area contributed by atoms with Crippen molar-refractivity contribution in [3.63, 3.8) is 0 Å². The molecule has 1 aromatic carbocycles. The predicted octanol–water partition coefficient (Wildman–Crippen LogP) is 1.81. The molecule has 0 spiro atoms. The number of hydrogen-bond acceptors (Lipinski definition) is 3. The second kappa shape index (κ2) is 5.51. The number of esters is 1. The van der Waals surface area contributed by atoms with Crippen molar-refractivity contribution in [1.29, 1.82) is 0 Å². The third kappa shape index (κ3) is 3.06. The molecular weight excluding hydrogens is 190 g/mol. The first-order valence-electron chi connectivity index (χ1n) is 5.09. The van der Waals surface area contributed by atoms with Crippen LogP contribution in [0.1, 0.15) is 30.5 Å². The molecule has 0 radical (unpaired) electrons. The van der Waals surface area contributed by atoms with E-state index in [4.69, 9.17) is 5.73 Å². The van der Waals surface area contributed by atoms with Crippen molar-refractivity contribution >= 4 is 5.97 Å². The molecule has 2 N–H and O–H groups in total. The van der Waals surface area contributed by atoms with Crippen LogP contribution in [0.2, 0.25) is 0 Å². The van der Waals surface area contributed by atoms with Crippen molar-refractivity contribution in [2.24, 2.45) is 5.73 Å². The number of aryl methyl sites for hydroxylation is 1. The summed E-state index contributed by atoms with van der Waals surface area (Å²) < 4.78 is 4.60. The Kier molecular flexibility index (Phi) is 4.31. The zero-order valence-electron chi connectivity index (χ0n) is 9.19. The van der Waals surface area contributed by atoms with Gasteiger partial charge in [-0.15, -0.1) is 0 Å². The maximum Gasteiger partial charge on any atom is 0.307 e. The SMILES string of the molecule is CCc1ccccc1C(N)CC(=O)OC. The van der Waals surface area contributed by atoms with Crippen LogP contribution in [0.25, 0.3) is 0 Å². The minimum Gasteiger partial charge on any atom is -0.469 e. The van der Waals surface area contributed by atoms with Gasteiger partial charge in [-0.05, 0) is 17.5 Å². The summed E-state index contributed by atoms with van der Waals surface area (Å²) in [6.07, 6.45) is 1.15. The second-order valence-corrected chi connectivity index (χ2v) is 3.44. The Morgan fingerprint density at radius 2 is 2.13 bits per heavy atom. The Morgan fingerprint density at radius 1 is 1.47 bits per heavy atom. The van der Waals surface area contributed by atoms with Crippen molar-refractivity contribution in [1.82, 2.24) is 0 Å². The van der Waals surface area contributed by atoms with Gasteiger partial charge in [-0.25, -0.2) is 0 Å². The molecule has 0 heterocycles. The van der Waals surface area contributed by atoms with Crippen LogP contribution < -0.4 is 5.73 Å². The Morgan fingerprint density at radius 3 is 2.73 bits per heavy atom. The summed E-state index contributed by atoms with van der Waals surface area (Å²) >= 11 is 0. The lowest BCUT2D eigenvalue weighted by Gasteiger charge is -2.14. The van der Waals surface area contributed by atoms with Gasteiger partial charge in [0.25, 0.3) is 0 Å². The first kappa shape index (κ1) is 11.7. The third-order valence-electron chi connectivity index (χ3n) is 2.45. The van der Waals surface area contributed by atoms with Crippen LogP contribution in [0.3, 0.4) is 0 Å². The largest absolute Gasteiger partial charge is 0.469 e. The number of carbonyl (C=O) groups is 1. The summed E-state index contributed by atoms with van der Waals surface area (Å²) in [5.41, 5.74) is 8.17. The van der Waals surface area contributed by atoms with Gasteiger partial charge in [0, 0.05) is 6.04 Å². The number of carbonyl (C=O) groups excluding carboxylic acids is 1. The lowest BCUT2D eigenvalue weighted by molar-refractivity contribution is -0.141. The maximum absolute atomic E-state index is 11.1. The molecule has 82 valence electrons. The molecule has 1 aromatic rings. The topological polar surface area (TPSA) is 52.3 Å². The molecule has 3 heteroatoms. The number of methoxy groups -OCH3 is 1. The van der Waals surface area contributed by atoms with Crippen LogP contribution in [-0.2, 0) is 16.0 Å². The van der Waals surface area contributed by atoms with E-state index in [1.807, 2.05) is 24.3 Å². The molecule has 0 fully saturated rings. The van der Waals surface area contributed by atoms with Crippen LogP contribution in [0.5, 0.6) is 0 Å². The van der Waals surface area contributed by atoms with Crippen LogP contribution in [0.15, 0.2) is 24.3 Å². The Balaban J connectivity index is 2.80. The highest BCUT2D eigenvalue weighted by Crippen LogP contribution is 2.19. The minimum absolute atomic E-state index is 0.230. The first-order valence-corrected chi connectivity index (χ1v) is 5.09. The molecule has 0 saturated carbocycles. The summed E-state index contributed by atoms with van der Waals surface area (Å²) in [6.45, 7) is 2.07. The van der Waals surface area contributed by atoms with E-state index in [-0.39, 0.29) is 18.4 Å². The highest BCUT2D eigenvalue weighted by atomic mass is 16.5. The van der Waals surface area contributed by atoms with E-state index < -0.39 is 0 Å². The van der Waals surface area contributed by atoms with Gasteiger partial charge in [0.2, 0.25) is 0 Å². The van der Waals surface area contributed by atoms with Crippen LogP contribution in [-0.4, -0.2) is 13.1 Å². The quantitative estimate of drug-likeness (QED) is 0.766.